The maximum absolute atomic E-state index is 13.0. The average Bonchev–Trinajstić information content (AvgIpc) is 3.12. The highest BCUT2D eigenvalue weighted by molar-refractivity contribution is 6.46. The Morgan fingerprint density at radius 2 is 1.74 bits per heavy atom. The van der Waals surface area contributed by atoms with Crippen molar-refractivity contribution < 1.29 is 24.2 Å². The summed E-state index contributed by atoms with van der Waals surface area (Å²) in [5.41, 5.74) is 2.08. The van der Waals surface area contributed by atoms with Gasteiger partial charge in [-0.3, -0.25) is 9.59 Å². The van der Waals surface area contributed by atoms with Crippen molar-refractivity contribution in [1.29, 1.82) is 0 Å². The van der Waals surface area contributed by atoms with Crippen LogP contribution in [0.3, 0.4) is 0 Å². The molecule has 3 aromatic rings. The van der Waals surface area contributed by atoms with Gasteiger partial charge in [-0.1, -0.05) is 54.1 Å². The van der Waals surface area contributed by atoms with Crippen LogP contribution in [-0.4, -0.2) is 42.0 Å². The van der Waals surface area contributed by atoms with Crippen LogP contribution >= 0.6 is 11.6 Å². The van der Waals surface area contributed by atoms with Gasteiger partial charge in [0.25, 0.3) is 11.7 Å². The van der Waals surface area contributed by atoms with E-state index in [0.29, 0.717) is 28.5 Å². The number of Topliss-reactive ketones (excluding diaryl/α,β-unsaturated/α-hetero) is 1. The molecule has 0 bridgehead atoms. The molecule has 0 aliphatic carbocycles. The molecule has 6 nitrogen and oxygen atoms in total. The number of halogens is 1. The van der Waals surface area contributed by atoms with Crippen LogP contribution in [0.15, 0.2) is 84.4 Å². The number of aliphatic hydroxyl groups is 1. The number of likely N-dealkylation sites (tertiary alicyclic amines) is 1. The third-order valence-electron chi connectivity index (χ3n) is 5.62. The van der Waals surface area contributed by atoms with E-state index in [1.54, 1.807) is 42.5 Å². The van der Waals surface area contributed by atoms with Gasteiger partial charge in [0.15, 0.2) is 0 Å². The number of methoxy groups -OCH3 is 1. The van der Waals surface area contributed by atoms with Crippen LogP contribution in [0.2, 0.25) is 5.02 Å². The van der Waals surface area contributed by atoms with E-state index in [0.717, 1.165) is 5.56 Å². The van der Waals surface area contributed by atoms with E-state index in [9.17, 15) is 14.7 Å². The minimum absolute atomic E-state index is 0.0173. The van der Waals surface area contributed by atoms with Crippen molar-refractivity contribution in [2.45, 2.75) is 12.6 Å². The van der Waals surface area contributed by atoms with Crippen molar-refractivity contribution in [2.75, 3.05) is 20.3 Å². The van der Waals surface area contributed by atoms with Crippen molar-refractivity contribution in [1.82, 2.24) is 4.90 Å². The maximum Gasteiger partial charge on any atom is 0.295 e. The largest absolute Gasteiger partial charge is 0.507 e. The van der Waals surface area contributed by atoms with Gasteiger partial charge in [0, 0.05) is 24.2 Å². The molecular weight excluding hydrogens is 454 g/mol. The highest BCUT2D eigenvalue weighted by Gasteiger charge is 2.46. The quantitative estimate of drug-likeness (QED) is 0.281. The van der Waals surface area contributed by atoms with Gasteiger partial charge in [0.2, 0.25) is 0 Å². The van der Waals surface area contributed by atoms with Gasteiger partial charge in [-0.05, 0) is 47.5 Å². The number of hydrogen-bond donors (Lipinski definition) is 1. The van der Waals surface area contributed by atoms with E-state index in [1.807, 2.05) is 36.4 Å². The molecule has 1 N–H and O–H groups in total. The van der Waals surface area contributed by atoms with E-state index in [4.69, 9.17) is 21.1 Å². The van der Waals surface area contributed by atoms with Crippen molar-refractivity contribution in [3.63, 3.8) is 0 Å². The van der Waals surface area contributed by atoms with Crippen LogP contribution in [-0.2, 0) is 20.9 Å². The zero-order valence-electron chi connectivity index (χ0n) is 18.6. The van der Waals surface area contributed by atoms with E-state index in [1.165, 1.54) is 12.0 Å². The normalized spacial score (nSPS) is 17.2. The lowest BCUT2D eigenvalue weighted by Gasteiger charge is -2.25. The monoisotopic (exact) mass is 477 g/mol. The highest BCUT2D eigenvalue weighted by Crippen LogP contribution is 2.40. The molecule has 1 unspecified atom stereocenters. The Balaban J connectivity index is 1.73. The van der Waals surface area contributed by atoms with Crippen LogP contribution < -0.4 is 4.74 Å². The fourth-order valence-corrected chi connectivity index (χ4v) is 4.05. The van der Waals surface area contributed by atoms with Gasteiger partial charge < -0.3 is 19.5 Å². The van der Waals surface area contributed by atoms with Gasteiger partial charge in [-0.15, -0.1) is 0 Å². The Kier molecular flexibility index (Phi) is 7.30. The second-order valence-corrected chi connectivity index (χ2v) is 8.28. The van der Waals surface area contributed by atoms with E-state index in [2.05, 4.69) is 0 Å². The minimum Gasteiger partial charge on any atom is -0.507 e. The summed E-state index contributed by atoms with van der Waals surface area (Å²) in [4.78, 5) is 27.4. The van der Waals surface area contributed by atoms with Gasteiger partial charge in [-0.2, -0.15) is 0 Å². The minimum atomic E-state index is -0.786. The molecule has 0 radical (unpaired) electrons. The zero-order valence-corrected chi connectivity index (χ0v) is 19.4. The number of benzene rings is 3. The Labute approximate surface area is 203 Å². The number of ketones is 1. The van der Waals surface area contributed by atoms with Gasteiger partial charge >= 0.3 is 0 Å². The molecule has 1 amide bonds. The third-order valence-corrected chi connectivity index (χ3v) is 5.87. The zero-order chi connectivity index (χ0) is 24.1. The Morgan fingerprint density at radius 3 is 2.44 bits per heavy atom. The molecular formula is C27H24ClNO5. The molecule has 3 aromatic carbocycles. The molecule has 1 saturated heterocycles. The molecule has 174 valence electrons. The third kappa shape index (κ3) is 4.98. The maximum atomic E-state index is 13.0. The smallest absolute Gasteiger partial charge is 0.295 e. The lowest BCUT2D eigenvalue weighted by atomic mass is 9.95. The summed E-state index contributed by atoms with van der Waals surface area (Å²) in [6.45, 7) is 0.811. The van der Waals surface area contributed by atoms with Crippen molar-refractivity contribution >= 4 is 29.1 Å². The summed E-state index contributed by atoms with van der Waals surface area (Å²) >= 11 is 5.97. The number of nitrogens with zero attached hydrogens (tertiary/aromatic N) is 1. The lowest BCUT2D eigenvalue weighted by Crippen LogP contribution is -2.32. The lowest BCUT2D eigenvalue weighted by molar-refractivity contribution is -0.140. The van der Waals surface area contributed by atoms with Crippen LogP contribution in [0.5, 0.6) is 5.75 Å². The van der Waals surface area contributed by atoms with Crippen LogP contribution in [0.1, 0.15) is 22.7 Å². The molecule has 7 heteroatoms. The summed E-state index contributed by atoms with van der Waals surface area (Å²) < 4.78 is 11.1. The highest BCUT2D eigenvalue weighted by atomic mass is 35.5. The second-order valence-electron chi connectivity index (χ2n) is 7.84. The fraction of sp³-hybridized carbons (Fsp3) is 0.185. The first-order valence-corrected chi connectivity index (χ1v) is 11.2. The number of carbonyl (C=O) groups excluding carboxylic acids is 2. The van der Waals surface area contributed by atoms with Crippen LogP contribution in [0.4, 0.5) is 0 Å². The number of ether oxygens (including phenoxy) is 2. The van der Waals surface area contributed by atoms with Crippen molar-refractivity contribution in [3.8, 4) is 5.75 Å². The van der Waals surface area contributed by atoms with Crippen LogP contribution in [0.25, 0.3) is 5.76 Å². The molecule has 1 aliphatic heterocycles. The number of aliphatic hydroxyl groups excluding tert-OH is 1. The Bertz CT molecular complexity index is 1210. The molecule has 4 rings (SSSR count). The van der Waals surface area contributed by atoms with Crippen molar-refractivity contribution in [3.05, 3.63) is 106 Å². The Hall–Kier alpha value is -3.61. The molecule has 1 atom stereocenters. The summed E-state index contributed by atoms with van der Waals surface area (Å²) in [6.07, 6.45) is 0. The average molecular weight is 478 g/mol. The number of rotatable bonds is 8. The molecule has 0 spiro atoms. The SMILES string of the molecule is COCCN1C(=O)C(=O)/C(=C(\O)c2ccc(Cl)cc2)C1c1cccc(OCc2ccccc2)c1. The topological polar surface area (TPSA) is 76.1 Å². The van der Waals surface area contributed by atoms with Crippen molar-refractivity contribution in [2.24, 2.45) is 0 Å². The first-order chi connectivity index (χ1) is 16.5. The molecule has 0 saturated carbocycles. The van der Waals surface area contributed by atoms with Gasteiger partial charge in [0.05, 0.1) is 18.2 Å². The molecule has 1 fully saturated rings. The van der Waals surface area contributed by atoms with Gasteiger partial charge in [-0.25, -0.2) is 0 Å². The summed E-state index contributed by atoms with van der Waals surface area (Å²) in [6, 6.07) is 22.6. The molecule has 1 heterocycles. The summed E-state index contributed by atoms with van der Waals surface area (Å²) in [7, 11) is 1.53. The van der Waals surface area contributed by atoms with E-state index >= 15 is 0 Å². The second kappa shape index (κ2) is 10.5. The molecule has 0 aromatic heterocycles. The predicted molar refractivity (Wildman–Crippen MR) is 130 cm³/mol. The number of amides is 1. The number of carbonyl (C=O) groups is 2. The molecule has 34 heavy (non-hydrogen) atoms. The van der Waals surface area contributed by atoms with Gasteiger partial charge in [0.1, 0.15) is 18.1 Å². The number of hydrogen-bond acceptors (Lipinski definition) is 5. The van der Waals surface area contributed by atoms with Crippen LogP contribution in [0, 0.1) is 0 Å². The fourth-order valence-electron chi connectivity index (χ4n) is 3.93. The summed E-state index contributed by atoms with van der Waals surface area (Å²) in [5.74, 6) is -1.10. The van der Waals surface area contributed by atoms with E-state index in [-0.39, 0.29) is 24.5 Å². The first kappa shape index (κ1) is 23.5. The predicted octanol–water partition coefficient (Wildman–Crippen LogP) is 4.99. The van der Waals surface area contributed by atoms with E-state index < -0.39 is 17.7 Å². The standard InChI is InChI=1S/C27H24ClNO5/c1-33-15-14-29-24(20-8-5-9-22(16-20)34-17-18-6-3-2-4-7-18)23(26(31)27(29)32)25(30)19-10-12-21(28)13-11-19/h2-13,16,24,30H,14-15,17H2,1H3/b25-23-. The molecule has 1 aliphatic rings. The Morgan fingerprint density at radius 1 is 1.00 bits per heavy atom. The summed E-state index contributed by atoms with van der Waals surface area (Å²) in [5, 5.41) is 11.6. The first-order valence-electron chi connectivity index (χ1n) is 10.8.